The molecule has 1 aliphatic rings. The van der Waals surface area contributed by atoms with Crippen LogP contribution in [0.25, 0.3) is 0 Å². The van der Waals surface area contributed by atoms with Crippen molar-refractivity contribution in [1.82, 2.24) is 10.6 Å². The standard InChI is InChI=1S/C16H33N3O2/c1-14(2)7-4-9-18-16(17-3)19-10-6-11-20-13-15-8-5-12-21-15/h14-15H,4-13H2,1-3H3,(H2,17,18,19). The predicted octanol–water partition coefficient (Wildman–Crippen LogP) is 2.17. The molecular weight excluding hydrogens is 266 g/mol. The zero-order valence-corrected chi connectivity index (χ0v) is 14.0. The maximum Gasteiger partial charge on any atom is 0.190 e. The van der Waals surface area contributed by atoms with E-state index in [1.54, 1.807) is 0 Å². The van der Waals surface area contributed by atoms with Crippen LogP contribution in [-0.2, 0) is 9.47 Å². The lowest BCUT2D eigenvalue weighted by molar-refractivity contribution is 0.0168. The number of ether oxygens (including phenoxy) is 2. The van der Waals surface area contributed by atoms with Crippen LogP contribution in [0.3, 0.4) is 0 Å². The molecule has 0 bridgehead atoms. The van der Waals surface area contributed by atoms with Crippen LogP contribution in [-0.4, -0.2) is 52.0 Å². The van der Waals surface area contributed by atoms with Gasteiger partial charge in [0.1, 0.15) is 0 Å². The number of aliphatic imine (C=N–C) groups is 1. The smallest absolute Gasteiger partial charge is 0.190 e. The summed E-state index contributed by atoms with van der Waals surface area (Å²) in [5.74, 6) is 1.65. The third kappa shape index (κ3) is 9.69. The van der Waals surface area contributed by atoms with E-state index in [0.717, 1.165) is 57.6 Å². The topological polar surface area (TPSA) is 54.9 Å². The van der Waals surface area contributed by atoms with Gasteiger partial charge in [0, 0.05) is 33.4 Å². The molecule has 0 radical (unpaired) electrons. The molecule has 1 fully saturated rings. The minimum absolute atomic E-state index is 0.327. The van der Waals surface area contributed by atoms with Crippen LogP contribution >= 0.6 is 0 Å². The van der Waals surface area contributed by atoms with Crippen molar-refractivity contribution < 1.29 is 9.47 Å². The molecule has 1 saturated heterocycles. The molecule has 0 aromatic carbocycles. The summed E-state index contributed by atoms with van der Waals surface area (Å²) in [6.45, 7) is 8.78. The molecule has 21 heavy (non-hydrogen) atoms. The van der Waals surface area contributed by atoms with Crippen molar-refractivity contribution in [3.05, 3.63) is 0 Å². The highest BCUT2D eigenvalue weighted by molar-refractivity contribution is 5.79. The third-order valence-corrected chi connectivity index (χ3v) is 3.56. The Morgan fingerprint density at radius 1 is 1.29 bits per heavy atom. The maximum atomic E-state index is 5.63. The Kier molecular flexibility index (Phi) is 10.3. The van der Waals surface area contributed by atoms with Gasteiger partial charge in [-0.3, -0.25) is 4.99 Å². The number of nitrogens with zero attached hydrogens (tertiary/aromatic N) is 1. The summed E-state index contributed by atoms with van der Waals surface area (Å²) < 4.78 is 11.1. The Bertz CT molecular complexity index is 277. The van der Waals surface area contributed by atoms with Gasteiger partial charge in [-0.1, -0.05) is 13.8 Å². The number of hydrogen-bond acceptors (Lipinski definition) is 3. The third-order valence-electron chi connectivity index (χ3n) is 3.56. The van der Waals surface area contributed by atoms with Crippen molar-refractivity contribution in [3.8, 4) is 0 Å². The van der Waals surface area contributed by atoms with Crippen molar-refractivity contribution in [2.75, 3.05) is 40.0 Å². The van der Waals surface area contributed by atoms with E-state index >= 15 is 0 Å². The van der Waals surface area contributed by atoms with Crippen molar-refractivity contribution in [2.24, 2.45) is 10.9 Å². The summed E-state index contributed by atoms with van der Waals surface area (Å²) in [7, 11) is 1.81. The van der Waals surface area contributed by atoms with Crippen LogP contribution in [0.5, 0.6) is 0 Å². The average Bonchev–Trinajstić information content (AvgIpc) is 2.97. The van der Waals surface area contributed by atoms with Crippen LogP contribution in [0.1, 0.15) is 46.0 Å². The molecule has 124 valence electrons. The molecule has 1 aliphatic heterocycles. The fraction of sp³-hybridized carbons (Fsp3) is 0.938. The lowest BCUT2D eigenvalue weighted by atomic mass is 10.1. The van der Waals surface area contributed by atoms with Gasteiger partial charge in [0.25, 0.3) is 0 Å². The van der Waals surface area contributed by atoms with E-state index in [0.29, 0.717) is 6.10 Å². The molecule has 0 amide bonds. The van der Waals surface area contributed by atoms with Crippen molar-refractivity contribution in [3.63, 3.8) is 0 Å². The number of hydrogen-bond donors (Lipinski definition) is 2. The normalized spacial score (nSPS) is 19.2. The monoisotopic (exact) mass is 299 g/mol. The minimum atomic E-state index is 0.327. The van der Waals surface area contributed by atoms with Gasteiger partial charge < -0.3 is 20.1 Å². The Labute approximate surface area is 129 Å². The molecule has 5 nitrogen and oxygen atoms in total. The fourth-order valence-electron chi connectivity index (χ4n) is 2.31. The maximum absolute atomic E-state index is 5.63. The molecule has 1 rings (SSSR count). The highest BCUT2D eigenvalue weighted by Gasteiger charge is 2.14. The van der Waals surface area contributed by atoms with Gasteiger partial charge in [0.05, 0.1) is 12.7 Å². The molecule has 1 unspecified atom stereocenters. The Balaban J connectivity index is 1.91. The molecule has 5 heteroatoms. The van der Waals surface area contributed by atoms with Gasteiger partial charge in [-0.05, 0) is 38.0 Å². The van der Waals surface area contributed by atoms with Crippen molar-refractivity contribution in [1.29, 1.82) is 0 Å². The van der Waals surface area contributed by atoms with E-state index in [1.807, 2.05) is 7.05 Å². The molecule has 0 spiro atoms. The van der Waals surface area contributed by atoms with Gasteiger partial charge in [-0.25, -0.2) is 0 Å². The quantitative estimate of drug-likeness (QED) is 0.369. The SMILES string of the molecule is CN=C(NCCCOCC1CCCO1)NCCCC(C)C. The van der Waals surface area contributed by atoms with Crippen molar-refractivity contribution in [2.45, 2.75) is 52.1 Å². The summed E-state index contributed by atoms with van der Waals surface area (Å²) >= 11 is 0. The summed E-state index contributed by atoms with van der Waals surface area (Å²) in [6, 6.07) is 0. The van der Waals surface area contributed by atoms with E-state index in [1.165, 1.54) is 19.3 Å². The number of rotatable bonds is 10. The lowest BCUT2D eigenvalue weighted by Gasteiger charge is -2.13. The Morgan fingerprint density at radius 3 is 2.67 bits per heavy atom. The van der Waals surface area contributed by atoms with Gasteiger partial charge in [-0.15, -0.1) is 0 Å². The number of nitrogens with one attached hydrogen (secondary N) is 2. The Morgan fingerprint density at radius 2 is 2.05 bits per heavy atom. The first kappa shape index (κ1) is 18.2. The van der Waals surface area contributed by atoms with E-state index < -0.39 is 0 Å². The van der Waals surface area contributed by atoms with E-state index in [9.17, 15) is 0 Å². The number of guanidine groups is 1. The Hall–Kier alpha value is -0.810. The second-order valence-electron chi connectivity index (χ2n) is 6.03. The zero-order chi connectivity index (χ0) is 15.3. The molecule has 0 aromatic rings. The van der Waals surface area contributed by atoms with Crippen LogP contribution in [0.15, 0.2) is 4.99 Å². The second kappa shape index (κ2) is 11.8. The van der Waals surface area contributed by atoms with Gasteiger partial charge >= 0.3 is 0 Å². The molecule has 1 heterocycles. The highest BCUT2D eigenvalue weighted by atomic mass is 16.5. The molecule has 0 aliphatic carbocycles. The summed E-state index contributed by atoms with van der Waals surface area (Å²) in [5.41, 5.74) is 0. The van der Waals surface area contributed by atoms with Crippen molar-refractivity contribution >= 4 is 5.96 Å². The van der Waals surface area contributed by atoms with Gasteiger partial charge in [-0.2, -0.15) is 0 Å². The fourth-order valence-corrected chi connectivity index (χ4v) is 2.31. The van der Waals surface area contributed by atoms with Crippen LogP contribution in [0, 0.1) is 5.92 Å². The zero-order valence-electron chi connectivity index (χ0n) is 14.0. The summed E-state index contributed by atoms with van der Waals surface area (Å²) in [5, 5.41) is 6.65. The molecule has 0 aromatic heterocycles. The van der Waals surface area contributed by atoms with Crippen LogP contribution in [0.2, 0.25) is 0 Å². The van der Waals surface area contributed by atoms with E-state index in [-0.39, 0.29) is 0 Å². The second-order valence-corrected chi connectivity index (χ2v) is 6.03. The first-order chi connectivity index (χ1) is 10.2. The van der Waals surface area contributed by atoms with E-state index in [2.05, 4.69) is 29.5 Å². The summed E-state index contributed by atoms with van der Waals surface area (Å²) in [4.78, 5) is 4.22. The largest absolute Gasteiger partial charge is 0.379 e. The lowest BCUT2D eigenvalue weighted by Crippen LogP contribution is -2.38. The highest BCUT2D eigenvalue weighted by Crippen LogP contribution is 2.11. The molecule has 0 saturated carbocycles. The van der Waals surface area contributed by atoms with Gasteiger partial charge in [0.2, 0.25) is 0 Å². The first-order valence-corrected chi connectivity index (χ1v) is 8.36. The predicted molar refractivity (Wildman–Crippen MR) is 87.8 cm³/mol. The van der Waals surface area contributed by atoms with Crippen LogP contribution < -0.4 is 10.6 Å². The van der Waals surface area contributed by atoms with Gasteiger partial charge in [0.15, 0.2) is 5.96 Å². The molecule has 2 N–H and O–H groups in total. The van der Waals surface area contributed by atoms with E-state index in [4.69, 9.17) is 9.47 Å². The summed E-state index contributed by atoms with van der Waals surface area (Å²) in [6.07, 6.45) is 6.07. The first-order valence-electron chi connectivity index (χ1n) is 8.36. The van der Waals surface area contributed by atoms with Crippen LogP contribution in [0.4, 0.5) is 0 Å². The minimum Gasteiger partial charge on any atom is -0.379 e. The molecular formula is C16H33N3O2. The molecule has 1 atom stereocenters. The average molecular weight is 299 g/mol.